The molecule has 0 aliphatic heterocycles. The van der Waals surface area contributed by atoms with Gasteiger partial charge in [0.15, 0.2) is 5.11 Å². The van der Waals surface area contributed by atoms with Crippen LogP contribution in [0.3, 0.4) is 0 Å². The van der Waals surface area contributed by atoms with Gasteiger partial charge in [-0.3, -0.25) is 0 Å². The van der Waals surface area contributed by atoms with E-state index in [1.54, 1.807) is 11.3 Å². The van der Waals surface area contributed by atoms with Crippen LogP contribution in [0.25, 0.3) is 0 Å². The molecule has 0 radical (unpaired) electrons. The van der Waals surface area contributed by atoms with Crippen molar-refractivity contribution in [1.82, 2.24) is 5.32 Å². The first kappa shape index (κ1) is 14.0. The molecule has 0 aliphatic carbocycles. The van der Waals surface area contributed by atoms with Crippen molar-refractivity contribution in [3.8, 4) is 0 Å². The molecule has 1 heterocycles. The highest BCUT2D eigenvalue weighted by Crippen LogP contribution is 2.20. The smallest absolute Gasteiger partial charge is 0.171 e. The summed E-state index contributed by atoms with van der Waals surface area (Å²) in [6.07, 6.45) is 0. The molecule has 1 aromatic heterocycles. The molecule has 1 aromatic carbocycles. The maximum Gasteiger partial charge on any atom is 0.171 e. The van der Waals surface area contributed by atoms with Crippen molar-refractivity contribution in [2.45, 2.75) is 26.8 Å². The molecule has 0 aliphatic rings. The molecule has 4 heteroatoms. The van der Waals surface area contributed by atoms with Crippen LogP contribution in [0.1, 0.15) is 29.0 Å². The van der Waals surface area contributed by atoms with Crippen molar-refractivity contribution >= 4 is 34.4 Å². The van der Waals surface area contributed by atoms with Crippen molar-refractivity contribution in [3.63, 3.8) is 0 Å². The number of thiocarbonyl (C=S) groups is 1. The minimum atomic E-state index is 0.227. The summed E-state index contributed by atoms with van der Waals surface area (Å²) in [7, 11) is 0. The Morgan fingerprint density at radius 3 is 2.68 bits per heavy atom. The Morgan fingerprint density at radius 2 is 2.00 bits per heavy atom. The van der Waals surface area contributed by atoms with E-state index >= 15 is 0 Å². The van der Waals surface area contributed by atoms with Gasteiger partial charge in [-0.1, -0.05) is 18.2 Å². The molecule has 2 aromatic rings. The topological polar surface area (TPSA) is 24.1 Å². The summed E-state index contributed by atoms with van der Waals surface area (Å²) in [5, 5.41) is 9.32. The van der Waals surface area contributed by atoms with Crippen LogP contribution in [0.5, 0.6) is 0 Å². The van der Waals surface area contributed by atoms with Crippen molar-refractivity contribution in [3.05, 3.63) is 51.7 Å². The first-order chi connectivity index (χ1) is 9.08. The van der Waals surface area contributed by atoms with E-state index in [1.807, 2.05) is 12.1 Å². The van der Waals surface area contributed by atoms with Crippen LogP contribution in [0.4, 0.5) is 5.69 Å². The average molecular weight is 290 g/mol. The lowest BCUT2D eigenvalue weighted by Crippen LogP contribution is -2.30. The van der Waals surface area contributed by atoms with Gasteiger partial charge in [0.2, 0.25) is 0 Å². The van der Waals surface area contributed by atoms with Crippen LogP contribution in [-0.2, 0) is 0 Å². The van der Waals surface area contributed by atoms with Crippen LogP contribution in [0.15, 0.2) is 35.7 Å². The number of benzene rings is 1. The summed E-state index contributed by atoms with van der Waals surface area (Å²) >= 11 is 7.11. The third-order valence-electron chi connectivity index (χ3n) is 3.17. The van der Waals surface area contributed by atoms with Gasteiger partial charge < -0.3 is 10.6 Å². The Morgan fingerprint density at radius 1 is 1.21 bits per heavy atom. The Kier molecular flexibility index (Phi) is 4.56. The van der Waals surface area contributed by atoms with Gasteiger partial charge in [0.05, 0.1) is 6.04 Å². The predicted octanol–water partition coefficient (Wildman–Crippen LogP) is 4.41. The van der Waals surface area contributed by atoms with Crippen LogP contribution in [-0.4, -0.2) is 5.11 Å². The molecular formula is C15H18N2S2. The van der Waals surface area contributed by atoms with Crippen molar-refractivity contribution in [1.29, 1.82) is 0 Å². The molecule has 0 saturated heterocycles. The number of aryl methyl sites for hydroxylation is 1. The predicted molar refractivity (Wildman–Crippen MR) is 88.0 cm³/mol. The highest BCUT2D eigenvalue weighted by Gasteiger charge is 2.08. The number of thiophene rings is 1. The lowest BCUT2D eigenvalue weighted by molar-refractivity contribution is 0.737. The third-order valence-corrected chi connectivity index (χ3v) is 4.45. The summed E-state index contributed by atoms with van der Waals surface area (Å²) in [5.41, 5.74) is 3.56. The fourth-order valence-electron chi connectivity index (χ4n) is 1.85. The highest BCUT2D eigenvalue weighted by molar-refractivity contribution is 7.80. The van der Waals surface area contributed by atoms with Gasteiger partial charge in [-0.25, -0.2) is 0 Å². The van der Waals surface area contributed by atoms with Gasteiger partial charge in [0.25, 0.3) is 0 Å². The molecule has 1 atom stereocenters. The minimum absolute atomic E-state index is 0.227. The summed E-state index contributed by atoms with van der Waals surface area (Å²) < 4.78 is 0. The van der Waals surface area contributed by atoms with Crippen LogP contribution in [0.2, 0.25) is 0 Å². The normalized spacial score (nSPS) is 11.9. The van der Waals surface area contributed by atoms with E-state index in [1.165, 1.54) is 16.0 Å². The molecule has 0 bridgehead atoms. The average Bonchev–Trinajstić information content (AvgIpc) is 2.88. The standard InChI is InChI=1S/C15H18N2S2/c1-10-6-4-7-13(11(10)2)17-15(18)16-12(3)14-8-5-9-19-14/h4-9,12H,1-3H3,(H2,16,17,18)/t12-/m0/s1. The maximum absolute atomic E-state index is 5.37. The lowest BCUT2D eigenvalue weighted by atomic mass is 10.1. The molecule has 0 amide bonds. The van der Waals surface area contributed by atoms with E-state index in [0.29, 0.717) is 5.11 Å². The molecule has 100 valence electrons. The highest BCUT2D eigenvalue weighted by atomic mass is 32.1. The number of nitrogens with one attached hydrogen (secondary N) is 2. The molecule has 19 heavy (non-hydrogen) atoms. The third kappa shape index (κ3) is 3.55. The van der Waals surface area contributed by atoms with E-state index in [0.717, 1.165) is 5.69 Å². The molecule has 2 nitrogen and oxygen atoms in total. The first-order valence-electron chi connectivity index (χ1n) is 6.25. The summed E-state index contributed by atoms with van der Waals surface area (Å²) in [4.78, 5) is 1.28. The molecule has 0 saturated carbocycles. The molecule has 0 unspecified atom stereocenters. The zero-order valence-corrected chi connectivity index (χ0v) is 13.0. The number of rotatable bonds is 3. The molecular weight excluding hydrogens is 272 g/mol. The second-order valence-electron chi connectivity index (χ2n) is 4.58. The van der Waals surface area contributed by atoms with Gasteiger partial charge in [0, 0.05) is 10.6 Å². The largest absolute Gasteiger partial charge is 0.355 e. The first-order valence-corrected chi connectivity index (χ1v) is 7.54. The Balaban J connectivity index is 2.00. The van der Waals surface area contributed by atoms with Gasteiger partial charge in [-0.05, 0) is 61.6 Å². The molecule has 2 rings (SSSR count). The van der Waals surface area contributed by atoms with Crippen molar-refractivity contribution < 1.29 is 0 Å². The van der Waals surface area contributed by atoms with E-state index in [4.69, 9.17) is 12.2 Å². The monoisotopic (exact) mass is 290 g/mol. The molecule has 0 fully saturated rings. The number of hydrogen-bond acceptors (Lipinski definition) is 2. The van der Waals surface area contributed by atoms with Gasteiger partial charge >= 0.3 is 0 Å². The van der Waals surface area contributed by atoms with E-state index < -0.39 is 0 Å². The summed E-state index contributed by atoms with van der Waals surface area (Å²) in [5.74, 6) is 0. The Labute approximate surface area is 123 Å². The molecule has 0 spiro atoms. The van der Waals surface area contributed by atoms with Crippen LogP contribution < -0.4 is 10.6 Å². The Hall–Kier alpha value is -1.39. The summed E-state index contributed by atoms with van der Waals surface area (Å²) in [6.45, 7) is 6.32. The SMILES string of the molecule is Cc1cccc(NC(=S)N[C@@H](C)c2cccs2)c1C. The van der Waals surface area contributed by atoms with Crippen LogP contribution >= 0.6 is 23.6 Å². The van der Waals surface area contributed by atoms with Gasteiger partial charge in [-0.15, -0.1) is 11.3 Å². The van der Waals surface area contributed by atoms with Crippen molar-refractivity contribution in [2.24, 2.45) is 0 Å². The summed E-state index contributed by atoms with van der Waals surface area (Å²) in [6, 6.07) is 10.6. The number of anilines is 1. The van der Waals surface area contributed by atoms with Gasteiger partial charge in [0.1, 0.15) is 0 Å². The fraction of sp³-hybridized carbons (Fsp3) is 0.267. The maximum atomic E-state index is 5.37. The second-order valence-corrected chi connectivity index (χ2v) is 5.97. The van der Waals surface area contributed by atoms with E-state index in [9.17, 15) is 0 Å². The van der Waals surface area contributed by atoms with E-state index in [-0.39, 0.29) is 6.04 Å². The lowest BCUT2D eigenvalue weighted by Gasteiger charge is -2.17. The van der Waals surface area contributed by atoms with Gasteiger partial charge in [-0.2, -0.15) is 0 Å². The quantitative estimate of drug-likeness (QED) is 0.819. The van der Waals surface area contributed by atoms with Crippen molar-refractivity contribution in [2.75, 3.05) is 5.32 Å². The second kappa shape index (κ2) is 6.17. The Bertz CT molecular complexity index is 562. The van der Waals surface area contributed by atoms with E-state index in [2.05, 4.69) is 55.0 Å². The zero-order valence-electron chi connectivity index (χ0n) is 11.4. The molecule has 2 N–H and O–H groups in total. The zero-order chi connectivity index (χ0) is 13.8. The van der Waals surface area contributed by atoms with Crippen LogP contribution in [0, 0.1) is 13.8 Å². The minimum Gasteiger partial charge on any atom is -0.355 e. The fourth-order valence-corrected chi connectivity index (χ4v) is 2.87. The number of hydrogen-bond donors (Lipinski definition) is 2.